The maximum atomic E-state index is 11.5. The number of anilines is 1. The van der Waals surface area contributed by atoms with E-state index in [9.17, 15) is 9.90 Å². The third-order valence-corrected chi connectivity index (χ3v) is 3.58. The van der Waals surface area contributed by atoms with Crippen LogP contribution in [-0.4, -0.2) is 46.6 Å². The Kier molecular flexibility index (Phi) is 3.47. The number of carbonyl (C=O) groups is 1. The molecular weight excluding hydrogens is 270 g/mol. The molecule has 1 saturated heterocycles. The summed E-state index contributed by atoms with van der Waals surface area (Å²) >= 11 is 0. The van der Waals surface area contributed by atoms with E-state index < -0.39 is 5.97 Å². The molecule has 110 valence electrons. The molecule has 21 heavy (non-hydrogen) atoms. The summed E-state index contributed by atoms with van der Waals surface area (Å²) in [6, 6.07) is 7.47. The Labute approximate surface area is 122 Å². The molecule has 0 unspecified atom stereocenters. The summed E-state index contributed by atoms with van der Waals surface area (Å²) in [4.78, 5) is 13.6. The van der Waals surface area contributed by atoms with Gasteiger partial charge in [-0.05, 0) is 19.9 Å². The average molecular weight is 287 g/mol. The van der Waals surface area contributed by atoms with Gasteiger partial charge in [0.2, 0.25) is 0 Å². The van der Waals surface area contributed by atoms with Crippen LogP contribution in [0.3, 0.4) is 0 Å². The zero-order chi connectivity index (χ0) is 15.0. The van der Waals surface area contributed by atoms with Gasteiger partial charge in [-0.1, -0.05) is 18.2 Å². The Hall–Kier alpha value is -2.21. The lowest BCUT2D eigenvalue weighted by Crippen LogP contribution is -2.46. The first-order valence-corrected chi connectivity index (χ1v) is 6.95. The number of fused-ring (bicyclic) bond motifs is 1. The average Bonchev–Trinajstić information content (AvgIpc) is 2.44. The molecule has 3 rings (SSSR count). The topological polar surface area (TPSA) is 75.6 Å². The third kappa shape index (κ3) is 2.54. The first kappa shape index (κ1) is 13.8. The number of aromatic nitrogens is 2. The highest BCUT2D eigenvalue weighted by atomic mass is 16.5. The Balaban J connectivity index is 2.18. The predicted octanol–water partition coefficient (Wildman–Crippen LogP) is 1.94. The lowest BCUT2D eigenvalue weighted by molar-refractivity contribution is -0.00526. The van der Waals surface area contributed by atoms with Crippen LogP contribution in [0.15, 0.2) is 24.3 Å². The molecule has 1 aliphatic heterocycles. The van der Waals surface area contributed by atoms with Gasteiger partial charge in [-0.3, -0.25) is 0 Å². The Morgan fingerprint density at radius 2 is 1.90 bits per heavy atom. The molecule has 0 bridgehead atoms. The number of ether oxygens (including phenoxy) is 1. The van der Waals surface area contributed by atoms with Crippen molar-refractivity contribution in [3.63, 3.8) is 0 Å². The number of morpholine rings is 1. The molecular formula is C15H17N3O3. The SMILES string of the molecule is C[C@@H]1CN(c2c(C(=O)O)nnc3ccccc23)C[C@H](C)O1. The van der Waals surface area contributed by atoms with Gasteiger partial charge in [0.05, 0.1) is 23.4 Å². The van der Waals surface area contributed by atoms with Crippen LogP contribution in [0.2, 0.25) is 0 Å². The van der Waals surface area contributed by atoms with E-state index in [1.807, 2.05) is 43.0 Å². The standard InChI is InChI=1S/C15H17N3O3/c1-9-7-18(8-10(2)21-9)14-11-5-3-4-6-12(11)16-17-13(14)15(19)20/h3-6,9-10H,7-8H2,1-2H3,(H,19,20)/t9-,10+. The highest BCUT2D eigenvalue weighted by Gasteiger charge is 2.28. The van der Waals surface area contributed by atoms with Crippen LogP contribution in [0.1, 0.15) is 24.3 Å². The minimum absolute atomic E-state index is 0.00463. The quantitative estimate of drug-likeness (QED) is 0.909. The fraction of sp³-hybridized carbons (Fsp3) is 0.400. The minimum atomic E-state index is -1.06. The molecule has 6 nitrogen and oxygen atoms in total. The van der Waals surface area contributed by atoms with Crippen molar-refractivity contribution in [1.82, 2.24) is 10.2 Å². The number of carboxylic acids is 1. The largest absolute Gasteiger partial charge is 0.476 e. The zero-order valence-corrected chi connectivity index (χ0v) is 12.0. The Morgan fingerprint density at radius 3 is 2.57 bits per heavy atom. The molecule has 0 radical (unpaired) electrons. The van der Waals surface area contributed by atoms with Gasteiger partial charge >= 0.3 is 5.97 Å². The van der Waals surface area contributed by atoms with E-state index in [1.165, 1.54) is 0 Å². The van der Waals surface area contributed by atoms with Gasteiger partial charge in [0.25, 0.3) is 0 Å². The van der Waals surface area contributed by atoms with Gasteiger partial charge in [-0.25, -0.2) is 4.79 Å². The highest BCUT2D eigenvalue weighted by Crippen LogP contribution is 2.30. The second-order valence-electron chi connectivity index (χ2n) is 5.38. The monoisotopic (exact) mass is 287 g/mol. The fourth-order valence-electron chi connectivity index (χ4n) is 2.86. The summed E-state index contributed by atoms with van der Waals surface area (Å²) in [6.45, 7) is 5.25. The minimum Gasteiger partial charge on any atom is -0.476 e. The first-order chi connectivity index (χ1) is 10.1. The summed E-state index contributed by atoms with van der Waals surface area (Å²) in [5.74, 6) is -1.06. The van der Waals surface area contributed by atoms with E-state index in [2.05, 4.69) is 10.2 Å². The molecule has 0 saturated carbocycles. The molecule has 6 heteroatoms. The van der Waals surface area contributed by atoms with Crippen molar-refractivity contribution in [2.24, 2.45) is 0 Å². The number of nitrogens with zero attached hydrogens (tertiary/aromatic N) is 3. The molecule has 1 aliphatic rings. The molecule has 2 aromatic rings. The zero-order valence-electron chi connectivity index (χ0n) is 12.0. The van der Waals surface area contributed by atoms with E-state index in [-0.39, 0.29) is 17.9 Å². The number of benzene rings is 1. The first-order valence-electron chi connectivity index (χ1n) is 6.95. The fourth-order valence-corrected chi connectivity index (χ4v) is 2.86. The van der Waals surface area contributed by atoms with Crippen molar-refractivity contribution in [2.75, 3.05) is 18.0 Å². The van der Waals surface area contributed by atoms with Crippen molar-refractivity contribution < 1.29 is 14.6 Å². The second-order valence-corrected chi connectivity index (χ2v) is 5.38. The lowest BCUT2D eigenvalue weighted by Gasteiger charge is -2.37. The summed E-state index contributed by atoms with van der Waals surface area (Å²) in [7, 11) is 0. The van der Waals surface area contributed by atoms with E-state index in [0.29, 0.717) is 24.3 Å². The third-order valence-electron chi connectivity index (χ3n) is 3.58. The van der Waals surface area contributed by atoms with E-state index in [1.54, 1.807) is 0 Å². The van der Waals surface area contributed by atoms with Gasteiger partial charge in [0.15, 0.2) is 5.69 Å². The van der Waals surface area contributed by atoms with Crippen LogP contribution in [-0.2, 0) is 4.74 Å². The number of hydrogen-bond acceptors (Lipinski definition) is 5. The normalized spacial score (nSPS) is 22.5. The molecule has 1 aromatic carbocycles. The molecule has 0 aliphatic carbocycles. The Bertz CT molecular complexity index is 679. The van der Waals surface area contributed by atoms with Crippen molar-refractivity contribution in [3.05, 3.63) is 30.0 Å². The van der Waals surface area contributed by atoms with Gasteiger partial charge in [0.1, 0.15) is 0 Å². The summed E-state index contributed by atoms with van der Waals surface area (Å²) in [6.07, 6.45) is 0.0876. The Morgan fingerprint density at radius 1 is 1.24 bits per heavy atom. The van der Waals surface area contributed by atoms with Crippen LogP contribution in [0.4, 0.5) is 5.69 Å². The number of aromatic carboxylic acids is 1. The van der Waals surface area contributed by atoms with E-state index in [0.717, 1.165) is 5.39 Å². The number of hydrogen-bond donors (Lipinski definition) is 1. The molecule has 0 spiro atoms. The van der Waals surface area contributed by atoms with Gasteiger partial charge in [0, 0.05) is 18.5 Å². The highest BCUT2D eigenvalue weighted by molar-refractivity contribution is 6.02. The molecule has 1 fully saturated rings. The summed E-state index contributed by atoms with van der Waals surface area (Å²) in [5, 5.41) is 18.1. The summed E-state index contributed by atoms with van der Waals surface area (Å²) in [5.41, 5.74) is 1.33. The molecule has 0 amide bonds. The van der Waals surface area contributed by atoms with Crippen LogP contribution < -0.4 is 4.90 Å². The van der Waals surface area contributed by atoms with Crippen LogP contribution in [0, 0.1) is 0 Å². The number of rotatable bonds is 2. The molecule has 1 aromatic heterocycles. The van der Waals surface area contributed by atoms with Crippen LogP contribution >= 0.6 is 0 Å². The smallest absolute Gasteiger partial charge is 0.358 e. The van der Waals surface area contributed by atoms with Gasteiger partial charge in [-0.15, -0.1) is 10.2 Å². The maximum Gasteiger partial charge on any atom is 0.358 e. The molecule has 2 heterocycles. The maximum absolute atomic E-state index is 11.5. The second kappa shape index (κ2) is 5.29. The lowest BCUT2D eigenvalue weighted by atomic mass is 10.1. The molecule has 2 atom stereocenters. The van der Waals surface area contributed by atoms with Crippen molar-refractivity contribution in [3.8, 4) is 0 Å². The van der Waals surface area contributed by atoms with Gasteiger partial charge in [-0.2, -0.15) is 0 Å². The van der Waals surface area contributed by atoms with Crippen molar-refractivity contribution >= 4 is 22.6 Å². The van der Waals surface area contributed by atoms with E-state index >= 15 is 0 Å². The van der Waals surface area contributed by atoms with Crippen molar-refractivity contribution in [1.29, 1.82) is 0 Å². The van der Waals surface area contributed by atoms with Crippen LogP contribution in [0.25, 0.3) is 10.9 Å². The van der Waals surface area contributed by atoms with E-state index in [4.69, 9.17) is 4.74 Å². The van der Waals surface area contributed by atoms with Crippen LogP contribution in [0.5, 0.6) is 0 Å². The molecule has 1 N–H and O–H groups in total. The van der Waals surface area contributed by atoms with Gasteiger partial charge < -0.3 is 14.7 Å². The summed E-state index contributed by atoms with van der Waals surface area (Å²) < 4.78 is 5.73. The number of carboxylic acid groups (broad SMARTS) is 1. The predicted molar refractivity (Wildman–Crippen MR) is 78.7 cm³/mol. The van der Waals surface area contributed by atoms with Crippen molar-refractivity contribution in [2.45, 2.75) is 26.1 Å².